The number of benzene rings is 1. The minimum absolute atomic E-state index is 0.320. The molecule has 0 radical (unpaired) electrons. The number of aliphatic hydroxyl groups is 1. The molecule has 2 N–H and O–H groups in total. The molecule has 0 saturated carbocycles. The first-order valence-electron chi connectivity index (χ1n) is 4.15. The maximum Gasteiger partial charge on any atom is 0.344 e. The van der Waals surface area contributed by atoms with E-state index in [2.05, 4.69) is 0 Å². The van der Waals surface area contributed by atoms with Crippen LogP contribution >= 0.6 is 0 Å². The van der Waals surface area contributed by atoms with E-state index in [0.717, 1.165) is 0 Å². The quantitative estimate of drug-likeness (QED) is 0.759. The van der Waals surface area contributed by atoms with Gasteiger partial charge in [-0.3, -0.25) is 0 Å². The summed E-state index contributed by atoms with van der Waals surface area (Å²) < 4.78 is 13.5. The summed E-state index contributed by atoms with van der Waals surface area (Å²) in [6, 6.07) is 8.37. The van der Waals surface area contributed by atoms with Crippen LogP contribution < -0.4 is 0 Å². The highest BCUT2D eigenvalue weighted by atomic mass is 19.1. The minimum Gasteiger partial charge on any atom is -0.479 e. The summed E-state index contributed by atoms with van der Waals surface area (Å²) in [5.74, 6) is -1.64. The van der Waals surface area contributed by atoms with Gasteiger partial charge in [-0.05, 0) is 5.56 Å². The van der Waals surface area contributed by atoms with Gasteiger partial charge in [-0.1, -0.05) is 30.3 Å². The van der Waals surface area contributed by atoms with Crippen molar-refractivity contribution in [1.29, 1.82) is 0 Å². The Morgan fingerprint density at radius 1 is 1.36 bits per heavy atom. The third-order valence-corrected chi connectivity index (χ3v) is 1.96. The van der Waals surface area contributed by atoms with Crippen molar-refractivity contribution in [2.24, 2.45) is 0 Å². The molecule has 0 heterocycles. The van der Waals surface area contributed by atoms with Crippen LogP contribution in [0.25, 0.3) is 0 Å². The van der Waals surface area contributed by atoms with E-state index in [1.165, 1.54) is 0 Å². The zero-order valence-electron chi connectivity index (χ0n) is 7.48. The van der Waals surface area contributed by atoms with Gasteiger partial charge in [-0.15, -0.1) is 0 Å². The molecule has 14 heavy (non-hydrogen) atoms. The van der Waals surface area contributed by atoms with Crippen molar-refractivity contribution in [3.63, 3.8) is 0 Å². The van der Waals surface area contributed by atoms with Gasteiger partial charge in [0.25, 0.3) is 0 Å². The van der Waals surface area contributed by atoms with Crippen LogP contribution in [0.4, 0.5) is 4.39 Å². The second-order valence-corrected chi connectivity index (χ2v) is 3.09. The van der Waals surface area contributed by atoms with Gasteiger partial charge in [0, 0.05) is 6.42 Å². The molecule has 1 atom stereocenters. The number of hydrogen-bond acceptors (Lipinski definition) is 2. The molecular formula is C10H11FO3. The largest absolute Gasteiger partial charge is 0.479 e. The molecule has 0 saturated heterocycles. The lowest BCUT2D eigenvalue weighted by molar-refractivity contribution is -0.153. The number of aliphatic carboxylic acids is 1. The van der Waals surface area contributed by atoms with Crippen LogP contribution in [0.5, 0.6) is 0 Å². The van der Waals surface area contributed by atoms with Gasteiger partial charge < -0.3 is 10.2 Å². The fourth-order valence-corrected chi connectivity index (χ4v) is 1.12. The first-order chi connectivity index (χ1) is 6.58. The summed E-state index contributed by atoms with van der Waals surface area (Å²) in [7, 11) is 0. The van der Waals surface area contributed by atoms with E-state index < -0.39 is 18.2 Å². The van der Waals surface area contributed by atoms with Crippen LogP contribution in [0.1, 0.15) is 5.56 Å². The topological polar surface area (TPSA) is 57.5 Å². The summed E-state index contributed by atoms with van der Waals surface area (Å²) in [5.41, 5.74) is -2.03. The van der Waals surface area contributed by atoms with Gasteiger partial charge in [-0.2, -0.15) is 0 Å². The van der Waals surface area contributed by atoms with Crippen molar-refractivity contribution < 1.29 is 19.4 Å². The second-order valence-electron chi connectivity index (χ2n) is 3.09. The molecule has 0 spiro atoms. The highest BCUT2D eigenvalue weighted by molar-refractivity contribution is 5.77. The van der Waals surface area contributed by atoms with Gasteiger partial charge in [0.15, 0.2) is 0 Å². The van der Waals surface area contributed by atoms with Gasteiger partial charge in [0.1, 0.15) is 0 Å². The van der Waals surface area contributed by atoms with E-state index in [1.54, 1.807) is 30.3 Å². The number of hydrogen-bond donors (Lipinski definition) is 2. The van der Waals surface area contributed by atoms with Crippen molar-refractivity contribution in [2.75, 3.05) is 6.61 Å². The van der Waals surface area contributed by atoms with E-state index in [9.17, 15) is 9.18 Å². The number of carbonyl (C=O) groups is 1. The average molecular weight is 198 g/mol. The zero-order chi connectivity index (χ0) is 10.6. The lowest BCUT2D eigenvalue weighted by atomic mass is 9.97. The maximum absolute atomic E-state index is 13.5. The molecule has 3 nitrogen and oxygen atoms in total. The summed E-state index contributed by atoms with van der Waals surface area (Å²) in [5, 5.41) is 17.2. The molecule has 0 amide bonds. The number of alkyl halides is 1. The van der Waals surface area contributed by atoms with Crippen LogP contribution in [0.3, 0.4) is 0 Å². The molecule has 1 rings (SSSR count). The van der Waals surface area contributed by atoms with Crippen molar-refractivity contribution in [3.05, 3.63) is 35.9 Å². The van der Waals surface area contributed by atoms with E-state index in [0.29, 0.717) is 5.56 Å². The summed E-state index contributed by atoms with van der Waals surface area (Å²) in [4.78, 5) is 10.5. The molecule has 76 valence electrons. The Morgan fingerprint density at radius 2 is 1.93 bits per heavy atom. The number of halogens is 1. The fraction of sp³-hybridized carbons (Fsp3) is 0.300. The predicted molar refractivity (Wildman–Crippen MR) is 48.7 cm³/mol. The van der Waals surface area contributed by atoms with Gasteiger partial charge in [-0.25, -0.2) is 9.18 Å². The molecule has 0 bridgehead atoms. The van der Waals surface area contributed by atoms with Crippen LogP contribution in [-0.4, -0.2) is 28.5 Å². The fourth-order valence-electron chi connectivity index (χ4n) is 1.12. The normalized spacial score (nSPS) is 14.7. The molecule has 1 aromatic carbocycles. The Labute approximate surface area is 80.8 Å². The second kappa shape index (κ2) is 4.19. The third kappa shape index (κ3) is 2.29. The van der Waals surface area contributed by atoms with Crippen LogP contribution in [-0.2, 0) is 11.2 Å². The predicted octanol–water partition coefficient (Wildman–Crippen LogP) is 1.01. The zero-order valence-corrected chi connectivity index (χ0v) is 7.48. The highest BCUT2D eigenvalue weighted by Crippen LogP contribution is 2.17. The first-order valence-corrected chi connectivity index (χ1v) is 4.15. The maximum atomic E-state index is 13.5. The molecule has 0 aliphatic heterocycles. The van der Waals surface area contributed by atoms with E-state index >= 15 is 0 Å². The van der Waals surface area contributed by atoms with Crippen molar-refractivity contribution in [3.8, 4) is 0 Å². The number of carboxylic acid groups (broad SMARTS) is 1. The smallest absolute Gasteiger partial charge is 0.344 e. The standard InChI is InChI=1S/C10H11FO3/c11-10(7-12,9(13)14)6-8-4-2-1-3-5-8/h1-5,12H,6-7H2,(H,13,14). The lowest BCUT2D eigenvalue weighted by Gasteiger charge is -2.17. The molecule has 1 unspecified atom stereocenters. The molecular weight excluding hydrogens is 187 g/mol. The van der Waals surface area contributed by atoms with E-state index in [1.807, 2.05) is 0 Å². The Hall–Kier alpha value is -1.42. The van der Waals surface area contributed by atoms with Gasteiger partial charge >= 0.3 is 5.97 Å². The highest BCUT2D eigenvalue weighted by Gasteiger charge is 2.38. The Morgan fingerprint density at radius 3 is 2.36 bits per heavy atom. The third-order valence-electron chi connectivity index (χ3n) is 1.96. The van der Waals surface area contributed by atoms with Gasteiger partial charge in [0.05, 0.1) is 6.61 Å². The monoisotopic (exact) mass is 198 g/mol. The summed E-state index contributed by atoms with van der Waals surface area (Å²) in [6.07, 6.45) is -0.320. The molecule has 0 aromatic heterocycles. The van der Waals surface area contributed by atoms with Crippen molar-refractivity contribution in [2.45, 2.75) is 12.1 Å². The minimum atomic E-state index is -2.58. The van der Waals surface area contributed by atoms with Gasteiger partial charge in [0.2, 0.25) is 5.67 Å². The van der Waals surface area contributed by atoms with E-state index in [-0.39, 0.29) is 6.42 Å². The summed E-state index contributed by atoms with van der Waals surface area (Å²) >= 11 is 0. The summed E-state index contributed by atoms with van der Waals surface area (Å²) in [6.45, 7) is -1.02. The molecule has 0 aliphatic carbocycles. The number of carboxylic acids is 1. The number of rotatable bonds is 4. The Kier molecular flexibility index (Phi) is 3.19. The van der Waals surface area contributed by atoms with Crippen LogP contribution in [0.15, 0.2) is 30.3 Å². The van der Waals surface area contributed by atoms with E-state index in [4.69, 9.17) is 10.2 Å². The molecule has 0 fully saturated rings. The Balaban J connectivity index is 2.81. The first kappa shape index (κ1) is 10.7. The molecule has 4 heteroatoms. The average Bonchev–Trinajstić information content (AvgIpc) is 2.19. The Bertz CT molecular complexity index is 312. The molecule has 0 aliphatic rings. The van der Waals surface area contributed by atoms with Crippen LogP contribution in [0, 0.1) is 0 Å². The van der Waals surface area contributed by atoms with Crippen LogP contribution in [0.2, 0.25) is 0 Å². The van der Waals surface area contributed by atoms with Crippen molar-refractivity contribution in [1.82, 2.24) is 0 Å². The molecule has 1 aromatic rings. The van der Waals surface area contributed by atoms with Crippen molar-refractivity contribution >= 4 is 5.97 Å². The SMILES string of the molecule is O=C(O)C(F)(CO)Cc1ccccc1. The number of aliphatic hydroxyl groups excluding tert-OH is 1. The lowest BCUT2D eigenvalue weighted by Crippen LogP contribution is -2.39.